The van der Waals surface area contributed by atoms with Gasteiger partial charge in [0.15, 0.2) is 5.82 Å². The second kappa shape index (κ2) is 15.4. The molecule has 0 saturated heterocycles. The SMILES string of the molecule is C=C(/C=C(\N=C(C)c1ccccc1)c1ccc(C(C)(C)c2ccc(-c3cc(-c4ccccc4)nc(C4=CCCC=C4)n3)cc2)cc1)c1ccccc1. The van der Waals surface area contributed by atoms with Gasteiger partial charge in [0, 0.05) is 33.4 Å². The molecule has 0 atom stereocenters. The molecule has 7 rings (SSSR count). The monoisotopic (exact) mass is 673 g/mol. The highest BCUT2D eigenvalue weighted by molar-refractivity contribution is 6.02. The first kappa shape index (κ1) is 34.3. The molecule has 3 nitrogen and oxygen atoms in total. The third kappa shape index (κ3) is 7.75. The fraction of sp³-hybridized carbons (Fsp3) is 0.122. The number of allylic oxidation sites excluding steroid dienone is 6. The van der Waals surface area contributed by atoms with Crippen LogP contribution in [0.1, 0.15) is 67.3 Å². The van der Waals surface area contributed by atoms with Crippen LogP contribution in [0.3, 0.4) is 0 Å². The lowest BCUT2D eigenvalue weighted by Crippen LogP contribution is -2.18. The summed E-state index contributed by atoms with van der Waals surface area (Å²) in [6.45, 7) is 11.0. The first-order valence-electron chi connectivity index (χ1n) is 18.0. The molecule has 0 N–H and O–H groups in total. The Balaban J connectivity index is 1.19. The lowest BCUT2D eigenvalue weighted by molar-refractivity contribution is 0.641. The van der Waals surface area contributed by atoms with E-state index in [0.717, 1.165) is 80.4 Å². The minimum Gasteiger partial charge on any atom is -0.252 e. The molecular weight excluding hydrogens is 631 g/mol. The molecule has 1 aromatic heterocycles. The number of aliphatic imine (C=N–C) groups is 1. The first-order chi connectivity index (χ1) is 25.3. The minimum atomic E-state index is -0.235. The summed E-state index contributed by atoms with van der Waals surface area (Å²) in [5.74, 6) is 0.765. The van der Waals surface area contributed by atoms with Crippen molar-refractivity contribution in [2.75, 3.05) is 0 Å². The molecule has 5 aromatic carbocycles. The summed E-state index contributed by atoms with van der Waals surface area (Å²) < 4.78 is 0. The van der Waals surface area contributed by atoms with Crippen LogP contribution in [0.2, 0.25) is 0 Å². The van der Waals surface area contributed by atoms with E-state index in [2.05, 4.69) is 155 Å². The number of benzene rings is 5. The molecule has 1 aliphatic carbocycles. The number of rotatable bonds is 10. The van der Waals surface area contributed by atoms with Gasteiger partial charge in [0.05, 0.1) is 17.1 Å². The molecule has 0 bridgehead atoms. The number of hydrogen-bond acceptors (Lipinski definition) is 3. The van der Waals surface area contributed by atoms with Gasteiger partial charge in [-0.05, 0) is 59.7 Å². The Bertz CT molecular complexity index is 2290. The standard InChI is InChI=1S/C49H43N3/c1-35(37-17-9-5-10-18-37)33-45(50-36(2)38-19-11-6-12-20-38)40-25-29-43(30-26-40)49(3,4)44-31-27-41(28-32-44)47-34-46(39-21-13-7-14-22-39)51-48(52-47)42-23-15-8-16-24-42/h5-7,9-15,17-34H,1,8,16H2,2-4H3/b45-33-,50-36?. The van der Waals surface area contributed by atoms with Crippen LogP contribution < -0.4 is 0 Å². The smallest absolute Gasteiger partial charge is 0.160 e. The second-order valence-corrected chi connectivity index (χ2v) is 13.7. The van der Waals surface area contributed by atoms with Crippen LogP contribution in [0.5, 0.6) is 0 Å². The van der Waals surface area contributed by atoms with Crippen LogP contribution in [-0.2, 0) is 5.41 Å². The molecule has 6 aromatic rings. The van der Waals surface area contributed by atoms with Crippen LogP contribution in [-0.4, -0.2) is 15.7 Å². The van der Waals surface area contributed by atoms with Gasteiger partial charge < -0.3 is 0 Å². The zero-order valence-corrected chi connectivity index (χ0v) is 30.1. The van der Waals surface area contributed by atoms with Crippen molar-refractivity contribution in [1.29, 1.82) is 0 Å². The van der Waals surface area contributed by atoms with E-state index in [1.165, 1.54) is 11.1 Å². The topological polar surface area (TPSA) is 38.1 Å². The highest BCUT2D eigenvalue weighted by Gasteiger charge is 2.24. The van der Waals surface area contributed by atoms with Crippen molar-refractivity contribution in [1.82, 2.24) is 9.97 Å². The van der Waals surface area contributed by atoms with Gasteiger partial charge >= 0.3 is 0 Å². The van der Waals surface area contributed by atoms with Gasteiger partial charge in [-0.25, -0.2) is 9.97 Å². The molecule has 0 saturated carbocycles. The molecule has 0 spiro atoms. The zero-order chi connectivity index (χ0) is 35.9. The summed E-state index contributed by atoms with van der Waals surface area (Å²) in [7, 11) is 0. The van der Waals surface area contributed by atoms with E-state index in [9.17, 15) is 0 Å². The molecule has 3 heteroatoms. The normalized spacial score (nSPS) is 13.5. The molecule has 1 heterocycles. The van der Waals surface area contributed by atoms with Gasteiger partial charge in [0.2, 0.25) is 0 Å². The maximum atomic E-state index is 5.13. The third-order valence-corrected chi connectivity index (χ3v) is 9.79. The van der Waals surface area contributed by atoms with E-state index < -0.39 is 0 Å². The summed E-state index contributed by atoms with van der Waals surface area (Å²) in [6, 6.07) is 50.7. The van der Waals surface area contributed by atoms with Crippen LogP contribution in [0.4, 0.5) is 0 Å². The minimum absolute atomic E-state index is 0.235. The van der Waals surface area contributed by atoms with E-state index in [0.29, 0.717) is 0 Å². The van der Waals surface area contributed by atoms with Crippen molar-refractivity contribution in [3.05, 3.63) is 210 Å². The summed E-state index contributed by atoms with van der Waals surface area (Å²) >= 11 is 0. The lowest BCUT2D eigenvalue weighted by atomic mass is 9.77. The average molecular weight is 674 g/mol. The highest BCUT2D eigenvalue weighted by atomic mass is 14.9. The lowest BCUT2D eigenvalue weighted by Gasteiger charge is -2.26. The number of hydrogen-bond donors (Lipinski definition) is 0. The van der Waals surface area contributed by atoms with Crippen molar-refractivity contribution in [3.63, 3.8) is 0 Å². The summed E-state index contributed by atoms with van der Waals surface area (Å²) in [6.07, 6.45) is 10.7. The highest BCUT2D eigenvalue weighted by Crippen LogP contribution is 2.35. The number of nitrogens with zero attached hydrogens (tertiary/aromatic N) is 3. The quantitative estimate of drug-likeness (QED) is 0.107. The fourth-order valence-corrected chi connectivity index (χ4v) is 6.55. The maximum Gasteiger partial charge on any atom is 0.160 e. The Hall–Kier alpha value is -6.19. The van der Waals surface area contributed by atoms with Crippen molar-refractivity contribution in [2.45, 2.75) is 39.0 Å². The maximum absolute atomic E-state index is 5.13. The molecule has 0 fully saturated rings. The predicted octanol–water partition coefficient (Wildman–Crippen LogP) is 12.4. The van der Waals surface area contributed by atoms with Crippen LogP contribution >= 0.6 is 0 Å². The van der Waals surface area contributed by atoms with E-state index in [1.54, 1.807) is 0 Å². The molecular formula is C49H43N3. The van der Waals surface area contributed by atoms with Crippen molar-refractivity contribution >= 4 is 22.6 Å². The Labute approximate surface area is 308 Å². The van der Waals surface area contributed by atoms with Crippen LogP contribution in [0.15, 0.2) is 181 Å². The second-order valence-electron chi connectivity index (χ2n) is 13.7. The summed E-state index contributed by atoms with van der Waals surface area (Å²) in [5.41, 5.74) is 13.2. The van der Waals surface area contributed by atoms with Crippen molar-refractivity contribution < 1.29 is 0 Å². The summed E-state index contributed by atoms with van der Waals surface area (Å²) in [5, 5.41) is 0. The van der Waals surface area contributed by atoms with Gasteiger partial charge in [-0.1, -0.05) is 178 Å². The van der Waals surface area contributed by atoms with Gasteiger partial charge in [0.25, 0.3) is 0 Å². The third-order valence-electron chi connectivity index (χ3n) is 9.79. The van der Waals surface area contributed by atoms with E-state index in [-0.39, 0.29) is 5.41 Å². The first-order valence-corrected chi connectivity index (χ1v) is 18.0. The summed E-state index contributed by atoms with van der Waals surface area (Å²) in [4.78, 5) is 15.2. The van der Waals surface area contributed by atoms with Crippen molar-refractivity contribution in [3.8, 4) is 22.5 Å². The Kier molecular flexibility index (Phi) is 10.1. The van der Waals surface area contributed by atoms with E-state index in [4.69, 9.17) is 15.0 Å². The van der Waals surface area contributed by atoms with Crippen LogP contribution in [0.25, 0.3) is 39.4 Å². The van der Waals surface area contributed by atoms with Gasteiger partial charge in [-0.15, -0.1) is 0 Å². The van der Waals surface area contributed by atoms with Crippen molar-refractivity contribution in [2.24, 2.45) is 4.99 Å². The van der Waals surface area contributed by atoms with Gasteiger partial charge in [-0.2, -0.15) is 0 Å². The largest absolute Gasteiger partial charge is 0.252 e. The number of aromatic nitrogens is 2. The van der Waals surface area contributed by atoms with Crippen LogP contribution in [0, 0.1) is 0 Å². The predicted molar refractivity (Wildman–Crippen MR) is 220 cm³/mol. The Morgan fingerprint density at radius 2 is 1.17 bits per heavy atom. The molecule has 0 unspecified atom stereocenters. The Morgan fingerprint density at radius 3 is 1.75 bits per heavy atom. The van der Waals surface area contributed by atoms with Gasteiger partial charge in [0.1, 0.15) is 0 Å². The Morgan fingerprint density at radius 1 is 0.635 bits per heavy atom. The van der Waals surface area contributed by atoms with E-state index in [1.807, 2.05) is 42.5 Å². The average Bonchev–Trinajstić information content (AvgIpc) is 3.21. The molecule has 52 heavy (non-hydrogen) atoms. The van der Waals surface area contributed by atoms with Gasteiger partial charge in [-0.3, -0.25) is 4.99 Å². The molecule has 1 aliphatic rings. The fourth-order valence-electron chi connectivity index (χ4n) is 6.55. The van der Waals surface area contributed by atoms with E-state index >= 15 is 0 Å². The molecule has 0 amide bonds. The zero-order valence-electron chi connectivity index (χ0n) is 30.1. The molecule has 254 valence electrons. The molecule has 0 radical (unpaired) electrons. The molecule has 0 aliphatic heterocycles.